The van der Waals surface area contributed by atoms with E-state index in [4.69, 9.17) is 9.94 Å². The molecule has 106 valence electrons. The second-order valence-electron chi connectivity index (χ2n) is 5.48. The summed E-state index contributed by atoms with van der Waals surface area (Å²) < 4.78 is 1.65. The molecule has 2 N–H and O–H groups in total. The van der Waals surface area contributed by atoms with Crippen LogP contribution >= 0.6 is 0 Å². The maximum atomic E-state index is 12.2. The van der Waals surface area contributed by atoms with E-state index in [0.717, 1.165) is 30.7 Å². The molecule has 2 rings (SSSR count). The summed E-state index contributed by atoms with van der Waals surface area (Å²) in [5, 5.41) is 17.1. The van der Waals surface area contributed by atoms with Gasteiger partial charge in [0.15, 0.2) is 0 Å². The number of aryl methyl sites for hydroxylation is 2. The number of aliphatic hydroxyl groups excluding tert-OH is 1. The summed E-state index contributed by atoms with van der Waals surface area (Å²) in [4.78, 5) is 17.4. The van der Waals surface area contributed by atoms with E-state index in [2.05, 4.69) is 15.8 Å². The zero-order valence-electron chi connectivity index (χ0n) is 11.5. The highest BCUT2D eigenvalue weighted by Crippen LogP contribution is 2.30. The fourth-order valence-corrected chi connectivity index (χ4v) is 2.17. The first-order chi connectivity index (χ1) is 8.94. The zero-order chi connectivity index (χ0) is 14.0. The molecule has 7 nitrogen and oxygen atoms in total. The van der Waals surface area contributed by atoms with Gasteiger partial charge in [0.1, 0.15) is 5.60 Å². The molecule has 0 radical (unpaired) electrons. The highest BCUT2D eigenvalue weighted by atomic mass is 16.7. The molecule has 0 bridgehead atoms. The van der Waals surface area contributed by atoms with Gasteiger partial charge in [0.25, 0.3) is 5.91 Å². The average molecular weight is 268 g/mol. The Balaban J connectivity index is 2.07. The zero-order valence-corrected chi connectivity index (χ0v) is 11.5. The van der Waals surface area contributed by atoms with Gasteiger partial charge >= 0.3 is 0 Å². The average Bonchev–Trinajstić information content (AvgIpc) is 2.78. The number of carbonyl (C=O) groups excluding carboxylic acids is 1. The molecule has 0 aromatic carbocycles. The van der Waals surface area contributed by atoms with Crippen molar-refractivity contribution in [1.29, 1.82) is 0 Å². The molecule has 0 saturated carbocycles. The second-order valence-corrected chi connectivity index (χ2v) is 5.48. The maximum absolute atomic E-state index is 12.2. The predicted octanol–water partition coefficient (Wildman–Crippen LogP) is 0.0537. The van der Waals surface area contributed by atoms with E-state index < -0.39 is 5.60 Å². The minimum Gasteiger partial charge on any atom is -0.393 e. The normalized spacial score (nSPS) is 19.1. The quantitative estimate of drug-likeness (QED) is 0.753. The molecule has 1 atom stereocenters. The third kappa shape index (κ3) is 2.93. The Labute approximate surface area is 111 Å². The summed E-state index contributed by atoms with van der Waals surface area (Å²) in [6.07, 6.45) is 2.52. The Morgan fingerprint density at radius 3 is 3.05 bits per heavy atom. The molecule has 1 aromatic rings. The monoisotopic (exact) mass is 268 g/mol. The van der Waals surface area contributed by atoms with Crippen LogP contribution in [0.25, 0.3) is 0 Å². The lowest BCUT2D eigenvalue weighted by Gasteiger charge is -2.25. The van der Waals surface area contributed by atoms with Crippen molar-refractivity contribution in [2.75, 3.05) is 6.61 Å². The molecule has 0 aliphatic heterocycles. The van der Waals surface area contributed by atoms with Gasteiger partial charge in [0.05, 0.1) is 23.9 Å². The van der Waals surface area contributed by atoms with E-state index in [-0.39, 0.29) is 18.4 Å². The van der Waals surface area contributed by atoms with E-state index in [9.17, 15) is 4.79 Å². The summed E-state index contributed by atoms with van der Waals surface area (Å²) in [5.74, 6) is -0.508. The molecule has 7 heteroatoms. The number of hydrogen-bond acceptors (Lipinski definition) is 5. The summed E-state index contributed by atoms with van der Waals surface area (Å²) in [5.41, 5.74) is 3.38. The lowest BCUT2D eigenvalue weighted by molar-refractivity contribution is -0.155. The molecule has 1 heterocycles. The van der Waals surface area contributed by atoms with Crippen LogP contribution in [0, 0.1) is 0 Å². The number of carbonyl (C=O) groups is 1. The molecule has 0 saturated heterocycles. The largest absolute Gasteiger partial charge is 0.393 e. The number of nitrogens with zero attached hydrogens (tertiary/aromatic N) is 3. The Morgan fingerprint density at radius 1 is 1.63 bits per heavy atom. The van der Waals surface area contributed by atoms with Crippen LogP contribution in [0.3, 0.4) is 0 Å². The van der Waals surface area contributed by atoms with Crippen molar-refractivity contribution in [2.24, 2.45) is 7.05 Å². The molecular weight excluding hydrogens is 248 g/mol. The Kier molecular flexibility index (Phi) is 3.86. The smallest absolute Gasteiger partial charge is 0.252 e. The third-order valence-electron chi connectivity index (χ3n) is 3.31. The van der Waals surface area contributed by atoms with Crippen molar-refractivity contribution in [3.8, 4) is 0 Å². The molecular formula is C12H20N4O3. The van der Waals surface area contributed by atoms with Crippen molar-refractivity contribution < 1.29 is 14.7 Å². The molecule has 1 aliphatic carbocycles. The van der Waals surface area contributed by atoms with E-state index in [1.807, 2.05) is 0 Å². The van der Waals surface area contributed by atoms with Crippen LogP contribution in [-0.4, -0.2) is 38.2 Å². The topological polar surface area (TPSA) is 89.3 Å². The third-order valence-corrected chi connectivity index (χ3v) is 3.31. The number of amides is 1. The van der Waals surface area contributed by atoms with Crippen LogP contribution in [0.15, 0.2) is 0 Å². The summed E-state index contributed by atoms with van der Waals surface area (Å²) in [6, 6.07) is 0. The van der Waals surface area contributed by atoms with E-state index in [1.54, 1.807) is 25.6 Å². The minimum absolute atomic E-state index is 0.170. The van der Waals surface area contributed by atoms with Gasteiger partial charge in [-0.3, -0.25) is 14.3 Å². The predicted molar refractivity (Wildman–Crippen MR) is 67.1 cm³/mol. The van der Waals surface area contributed by atoms with Crippen LogP contribution in [0.2, 0.25) is 0 Å². The van der Waals surface area contributed by atoms with Gasteiger partial charge in [-0.25, -0.2) is 5.48 Å². The van der Waals surface area contributed by atoms with Gasteiger partial charge in [-0.05, 0) is 33.1 Å². The first-order valence-corrected chi connectivity index (χ1v) is 6.42. The Morgan fingerprint density at radius 2 is 2.37 bits per heavy atom. The summed E-state index contributed by atoms with van der Waals surface area (Å²) >= 11 is 0. The molecule has 1 aromatic heterocycles. The van der Waals surface area contributed by atoms with Crippen LogP contribution < -0.4 is 5.48 Å². The van der Waals surface area contributed by atoms with Gasteiger partial charge in [-0.2, -0.15) is 0 Å². The fourth-order valence-electron chi connectivity index (χ4n) is 2.17. The summed E-state index contributed by atoms with van der Waals surface area (Å²) in [6.45, 7) is 3.23. The first kappa shape index (κ1) is 14.0. The number of hydroxylamine groups is 1. The van der Waals surface area contributed by atoms with Gasteiger partial charge in [-0.1, -0.05) is 5.21 Å². The van der Waals surface area contributed by atoms with Gasteiger partial charge in [0.2, 0.25) is 0 Å². The number of aromatic nitrogens is 3. The number of hydrogen-bond donors (Lipinski definition) is 2. The van der Waals surface area contributed by atoms with Crippen molar-refractivity contribution in [1.82, 2.24) is 20.5 Å². The van der Waals surface area contributed by atoms with E-state index in [0.29, 0.717) is 0 Å². The number of fused-ring (bicyclic) bond motifs is 1. The molecule has 1 amide bonds. The highest BCUT2D eigenvalue weighted by molar-refractivity contribution is 5.82. The van der Waals surface area contributed by atoms with Crippen molar-refractivity contribution in [3.63, 3.8) is 0 Å². The molecule has 1 unspecified atom stereocenters. The number of aliphatic hydroxyl groups is 1. The van der Waals surface area contributed by atoms with Crippen molar-refractivity contribution >= 4 is 5.91 Å². The minimum atomic E-state index is -0.794. The van der Waals surface area contributed by atoms with Gasteiger partial charge < -0.3 is 5.11 Å². The number of rotatable bonds is 4. The highest BCUT2D eigenvalue weighted by Gasteiger charge is 2.32. The van der Waals surface area contributed by atoms with Gasteiger partial charge in [0, 0.05) is 7.05 Å². The lowest BCUT2D eigenvalue weighted by atomic mass is 9.89. The summed E-state index contributed by atoms with van der Waals surface area (Å²) in [7, 11) is 1.79. The van der Waals surface area contributed by atoms with Crippen LogP contribution in [0.5, 0.6) is 0 Å². The van der Waals surface area contributed by atoms with Crippen molar-refractivity contribution in [3.05, 3.63) is 11.4 Å². The van der Waals surface area contributed by atoms with Crippen molar-refractivity contribution in [2.45, 2.75) is 44.6 Å². The molecule has 19 heavy (non-hydrogen) atoms. The Hall–Kier alpha value is -1.47. The SMILES string of the molecule is Cn1nnc2c1C(C(=O)NOC(C)(C)CO)CCC2. The number of nitrogens with one attached hydrogen (secondary N) is 1. The van der Waals surface area contributed by atoms with Crippen LogP contribution in [0.4, 0.5) is 0 Å². The standard InChI is InChI=1S/C12H20N4O3/c1-12(2,7-17)19-14-11(18)8-5-4-6-9-10(8)16(3)15-13-9/h8,17H,4-7H2,1-3H3,(H,14,18). The molecule has 0 fully saturated rings. The van der Waals surface area contributed by atoms with Gasteiger partial charge in [-0.15, -0.1) is 5.10 Å². The van der Waals surface area contributed by atoms with E-state index >= 15 is 0 Å². The lowest BCUT2D eigenvalue weighted by Crippen LogP contribution is -2.41. The molecule has 0 spiro atoms. The van der Waals surface area contributed by atoms with E-state index in [1.165, 1.54) is 0 Å². The first-order valence-electron chi connectivity index (χ1n) is 6.42. The second kappa shape index (κ2) is 5.26. The molecule has 1 aliphatic rings. The maximum Gasteiger partial charge on any atom is 0.252 e. The van der Waals surface area contributed by atoms with Crippen LogP contribution in [-0.2, 0) is 23.1 Å². The van der Waals surface area contributed by atoms with Crippen LogP contribution in [0.1, 0.15) is 44.0 Å². The Bertz CT molecular complexity index is 470. The fraction of sp³-hybridized carbons (Fsp3) is 0.750.